The van der Waals surface area contributed by atoms with Gasteiger partial charge in [-0.15, -0.1) is 0 Å². The largest absolute Gasteiger partial charge is 0.353 e. The molecule has 1 amide bonds. The van der Waals surface area contributed by atoms with Gasteiger partial charge in [0.05, 0.1) is 0 Å². The Bertz CT molecular complexity index is 430. The molecule has 1 aromatic carbocycles. The minimum atomic E-state index is 0.170. The van der Waals surface area contributed by atoms with E-state index in [4.69, 9.17) is 11.6 Å². The minimum absolute atomic E-state index is 0.170. The average Bonchev–Trinajstić information content (AvgIpc) is 3.06. The Morgan fingerprint density at radius 2 is 2.17 bits per heavy atom. The smallest absolute Gasteiger partial charge is 0.220 e. The molecular weight excluding hydrogens is 246 g/mol. The number of benzene rings is 1. The predicted octanol–water partition coefficient (Wildman–Crippen LogP) is 3.75. The molecule has 1 aromatic rings. The number of carbonyl (C=O) groups is 1. The van der Waals surface area contributed by atoms with Crippen molar-refractivity contribution in [1.82, 2.24) is 5.32 Å². The van der Waals surface area contributed by atoms with Crippen LogP contribution in [0.25, 0.3) is 0 Å². The average molecular weight is 266 g/mol. The molecule has 1 saturated carbocycles. The van der Waals surface area contributed by atoms with E-state index in [1.807, 2.05) is 24.3 Å². The molecule has 0 spiro atoms. The Kier molecular flexibility index (Phi) is 4.28. The molecule has 0 bridgehead atoms. The van der Waals surface area contributed by atoms with E-state index in [9.17, 15) is 4.79 Å². The van der Waals surface area contributed by atoms with E-state index in [1.54, 1.807) is 0 Å². The van der Waals surface area contributed by atoms with Crippen LogP contribution in [0, 0.1) is 5.92 Å². The zero-order chi connectivity index (χ0) is 13.1. The van der Waals surface area contributed by atoms with Crippen molar-refractivity contribution in [1.29, 1.82) is 0 Å². The van der Waals surface area contributed by atoms with Gasteiger partial charge in [-0.05, 0) is 30.4 Å². The van der Waals surface area contributed by atoms with Crippen molar-refractivity contribution in [3.05, 3.63) is 34.9 Å². The molecule has 0 radical (unpaired) electrons. The van der Waals surface area contributed by atoms with Crippen molar-refractivity contribution in [2.75, 3.05) is 0 Å². The molecular formula is C15H20ClNO. The van der Waals surface area contributed by atoms with Gasteiger partial charge in [0.2, 0.25) is 5.91 Å². The third kappa shape index (κ3) is 3.49. The molecule has 2 rings (SSSR count). The van der Waals surface area contributed by atoms with E-state index >= 15 is 0 Å². The molecule has 2 nitrogen and oxygen atoms in total. The SMILES string of the molecule is CC(C)CCC(=O)N[C@H]1C[C@@H]1c1ccccc1Cl. The van der Waals surface area contributed by atoms with Crippen molar-refractivity contribution < 1.29 is 4.79 Å². The van der Waals surface area contributed by atoms with Gasteiger partial charge in [0.25, 0.3) is 0 Å². The lowest BCUT2D eigenvalue weighted by Crippen LogP contribution is -2.26. The summed E-state index contributed by atoms with van der Waals surface area (Å²) in [5.41, 5.74) is 1.16. The van der Waals surface area contributed by atoms with Crippen LogP contribution in [0.3, 0.4) is 0 Å². The molecule has 0 saturated heterocycles. The van der Waals surface area contributed by atoms with Crippen molar-refractivity contribution in [3.8, 4) is 0 Å². The number of carbonyl (C=O) groups excluding carboxylic acids is 1. The molecule has 2 atom stereocenters. The third-order valence-corrected chi connectivity index (χ3v) is 3.73. The molecule has 98 valence electrons. The topological polar surface area (TPSA) is 29.1 Å². The second-order valence-corrected chi connectivity index (χ2v) is 5.88. The third-order valence-electron chi connectivity index (χ3n) is 3.39. The second-order valence-electron chi connectivity index (χ2n) is 5.47. The fourth-order valence-corrected chi connectivity index (χ4v) is 2.45. The molecule has 1 aliphatic rings. The first-order chi connectivity index (χ1) is 8.58. The Balaban J connectivity index is 1.82. The van der Waals surface area contributed by atoms with Crippen molar-refractivity contribution >= 4 is 17.5 Å². The summed E-state index contributed by atoms with van der Waals surface area (Å²) in [5.74, 6) is 1.15. The highest BCUT2D eigenvalue weighted by atomic mass is 35.5. The van der Waals surface area contributed by atoms with Gasteiger partial charge < -0.3 is 5.32 Å². The maximum Gasteiger partial charge on any atom is 0.220 e. The number of amides is 1. The van der Waals surface area contributed by atoms with Crippen LogP contribution in [0.5, 0.6) is 0 Å². The number of hydrogen-bond acceptors (Lipinski definition) is 1. The summed E-state index contributed by atoms with van der Waals surface area (Å²) in [5, 5.41) is 3.89. The molecule has 0 aliphatic heterocycles. The zero-order valence-electron chi connectivity index (χ0n) is 10.9. The van der Waals surface area contributed by atoms with E-state index in [0.717, 1.165) is 23.4 Å². The summed E-state index contributed by atoms with van der Waals surface area (Å²) in [6, 6.07) is 8.17. The van der Waals surface area contributed by atoms with Gasteiger partial charge in [-0.2, -0.15) is 0 Å². The molecule has 0 aromatic heterocycles. The summed E-state index contributed by atoms with van der Waals surface area (Å²) in [7, 11) is 0. The van der Waals surface area contributed by atoms with Crippen LogP contribution < -0.4 is 5.32 Å². The number of halogens is 1. The maximum atomic E-state index is 11.7. The monoisotopic (exact) mass is 265 g/mol. The Morgan fingerprint density at radius 1 is 1.44 bits per heavy atom. The van der Waals surface area contributed by atoms with Crippen LogP contribution >= 0.6 is 11.6 Å². The highest BCUT2D eigenvalue weighted by molar-refractivity contribution is 6.31. The zero-order valence-corrected chi connectivity index (χ0v) is 11.7. The lowest BCUT2D eigenvalue weighted by molar-refractivity contribution is -0.121. The van der Waals surface area contributed by atoms with Crippen molar-refractivity contribution in [2.45, 2.75) is 45.1 Å². The van der Waals surface area contributed by atoms with Crippen molar-refractivity contribution in [2.24, 2.45) is 5.92 Å². The van der Waals surface area contributed by atoms with Gasteiger partial charge >= 0.3 is 0 Å². The summed E-state index contributed by atoms with van der Waals surface area (Å²) < 4.78 is 0. The molecule has 0 unspecified atom stereocenters. The number of nitrogens with one attached hydrogen (secondary N) is 1. The fraction of sp³-hybridized carbons (Fsp3) is 0.533. The van der Waals surface area contributed by atoms with Gasteiger partial charge in [0.15, 0.2) is 0 Å². The van der Waals surface area contributed by atoms with Gasteiger partial charge in [-0.1, -0.05) is 43.6 Å². The minimum Gasteiger partial charge on any atom is -0.353 e. The summed E-state index contributed by atoms with van der Waals surface area (Å²) in [4.78, 5) is 11.7. The van der Waals surface area contributed by atoms with Crippen LogP contribution in [0.2, 0.25) is 5.02 Å². The van der Waals surface area contributed by atoms with Gasteiger partial charge in [0, 0.05) is 23.4 Å². The Labute approximate surface area is 114 Å². The van der Waals surface area contributed by atoms with Gasteiger partial charge in [0.1, 0.15) is 0 Å². The molecule has 3 heteroatoms. The first kappa shape index (κ1) is 13.4. The molecule has 1 fully saturated rings. The first-order valence-electron chi connectivity index (χ1n) is 6.61. The van der Waals surface area contributed by atoms with Crippen LogP contribution in [0.4, 0.5) is 0 Å². The molecule has 18 heavy (non-hydrogen) atoms. The van der Waals surface area contributed by atoms with Crippen LogP contribution in [0.1, 0.15) is 44.6 Å². The van der Waals surface area contributed by atoms with E-state index in [-0.39, 0.29) is 11.9 Å². The predicted molar refractivity (Wildman–Crippen MR) is 74.8 cm³/mol. The summed E-state index contributed by atoms with van der Waals surface area (Å²) in [6.45, 7) is 4.27. The van der Waals surface area contributed by atoms with Crippen LogP contribution in [-0.2, 0) is 4.79 Å². The molecule has 0 heterocycles. The molecule has 1 aliphatic carbocycles. The van der Waals surface area contributed by atoms with E-state index in [0.29, 0.717) is 18.3 Å². The van der Waals surface area contributed by atoms with E-state index in [2.05, 4.69) is 19.2 Å². The number of hydrogen-bond donors (Lipinski definition) is 1. The lowest BCUT2D eigenvalue weighted by Gasteiger charge is -2.07. The highest BCUT2D eigenvalue weighted by Gasteiger charge is 2.40. The van der Waals surface area contributed by atoms with Gasteiger partial charge in [-0.3, -0.25) is 4.79 Å². The highest BCUT2D eigenvalue weighted by Crippen LogP contribution is 2.43. The van der Waals surface area contributed by atoms with Crippen molar-refractivity contribution in [3.63, 3.8) is 0 Å². The lowest BCUT2D eigenvalue weighted by atomic mass is 10.1. The number of rotatable bonds is 5. The fourth-order valence-electron chi connectivity index (χ4n) is 2.17. The van der Waals surface area contributed by atoms with E-state index in [1.165, 1.54) is 0 Å². The second kappa shape index (κ2) is 5.75. The van der Waals surface area contributed by atoms with Crippen LogP contribution in [-0.4, -0.2) is 11.9 Å². The summed E-state index contributed by atoms with van der Waals surface area (Å²) >= 11 is 6.15. The van der Waals surface area contributed by atoms with E-state index < -0.39 is 0 Å². The summed E-state index contributed by atoms with van der Waals surface area (Å²) in [6.07, 6.45) is 2.59. The standard InChI is InChI=1S/C15H20ClNO/c1-10(2)7-8-15(18)17-14-9-12(14)11-5-3-4-6-13(11)16/h3-6,10,12,14H,7-9H2,1-2H3,(H,17,18)/t12-,14+/m1/s1. The molecule has 1 N–H and O–H groups in total. The Morgan fingerprint density at radius 3 is 2.83 bits per heavy atom. The normalized spacial score (nSPS) is 22.0. The quantitative estimate of drug-likeness (QED) is 0.863. The van der Waals surface area contributed by atoms with Crippen LogP contribution in [0.15, 0.2) is 24.3 Å². The maximum absolute atomic E-state index is 11.7. The van der Waals surface area contributed by atoms with Gasteiger partial charge in [-0.25, -0.2) is 0 Å². The Hall–Kier alpha value is -1.02. The first-order valence-corrected chi connectivity index (χ1v) is 6.99.